The van der Waals surface area contributed by atoms with Crippen molar-refractivity contribution >= 4 is 27.5 Å². The molecule has 8 saturated heterocycles. The van der Waals surface area contributed by atoms with Crippen LogP contribution in [0, 0.1) is 0 Å². The Morgan fingerprint density at radius 2 is 0.602 bits per heavy atom. The third-order valence-corrected chi connectivity index (χ3v) is 18.8. The third kappa shape index (κ3) is 20.4. The summed E-state index contributed by atoms with van der Waals surface area (Å²) in [6.07, 6.45) is -82.7. The van der Waals surface area contributed by atoms with Gasteiger partial charge in [-0.25, -0.2) is 9.13 Å². The molecule has 8 rings (SSSR count). The van der Waals surface area contributed by atoms with Crippen molar-refractivity contribution in [1.82, 2.24) is 10.6 Å². The minimum atomic E-state index is -5.35. The van der Waals surface area contributed by atoms with Crippen molar-refractivity contribution in [3.63, 3.8) is 0 Å². The topological polar surface area (TPSA) is 775 Å². The lowest BCUT2D eigenvalue weighted by Gasteiger charge is -2.50. The fraction of sp³-hybridized carbons (Fsp3) is 0.962. The van der Waals surface area contributed by atoms with Crippen molar-refractivity contribution in [3.05, 3.63) is 0 Å². The van der Waals surface area contributed by atoms with E-state index in [0.29, 0.717) is 0 Å². The Morgan fingerprint density at radius 1 is 0.301 bits per heavy atom. The molecule has 28 N–H and O–H groups in total. The maximum absolute atomic E-state index is 12.9. The first kappa shape index (κ1) is 86.3. The molecular formula is C52H90N2O47P2. The number of phosphoric ester groups is 2. The van der Waals surface area contributed by atoms with Gasteiger partial charge in [-0.2, -0.15) is 0 Å². The summed E-state index contributed by atoms with van der Waals surface area (Å²) in [5.74, 6) is -1.75. The Kier molecular flexibility index (Phi) is 30.7. The molecule has 0 bridgehead atoms. The van der Waals surface area contributed by atoms with E-state index in [-0.39, 0.29) is 0 Å². The molecular weight excluding hydrogens is 1470 g/mol. The number of rotatable bonds is 28. The number of aliphatic hydroxyl groups excluding tert-OH is 22. The number of carbonyl (C=O) groups is 2. The molecule has 0 saturated carbocycles. The van der Waals surface area contributed by atoms with Gasteiger partial charge in [-0.1, -0.05) is 0 Å². The van der Waals surface area contributed by atoms with Crippen LogP contribution in [-0.4, -0.2) is 442 Å². The lowest BCUT2D eigenvalue weighted by Crippen LogP contribution is -2.70. The molecule has 600 valence electrons. The van der Waals surface area contributed by atoms with Crippen molar-refractivity contribution in [2.45, 2.75) is 259 Å². The van der Waals surface area contributed by atoms with Crippen LogP contribution < -0.4 is 10.6 Å². The van der Waals surface area contributed by atoms with Crippen molar-refractivity contribution in [2.75, 3.05) is 52.9 Å². The first-order valence-corrected chi connectivity index (χ1v) is 34.7. The molecule has 0 aromatic rings. The number of amides is 2. The van der Waals surface area contributed by atoms with Gasteiger partial charge in [0, 0.05) is 13.8 Å². The number of hydrogen-bond acceptors (Lipinski definition) is 43. The molecule has 8 aliphatic rings. The van der Waals surface area contributed by atoms with Crippen LogP contribution in [0.1, 0.15) is 13.8 Å². The van der Waals surface area contributed by atoms with Gasteiger partial charge >= 0.3 is 15.6 Å². The minimum Gasteiger partial charge on any atom is -0.394 e. The van der Waals surface area contributed by atoms with Crippen LogP contribution in [0.5, 0.6) is 0 Å². The second kappa shape index (κ2) is 36.7. The lowest BCUT2D eigenvalue weighted by molar-refractivity contribution is -0.399. The molecule has 8 fully saturated rings. The van der Waals surface area contributed by atoms with E-state index in [0.717, 1.165) is 13.8 Å². The molecule has 0 unspecified atom stereocenters. The highest BCUT2D eigenvalue weighted by atomic mass is 31.2. The number of aliphatic hydroxyl groups is 22. The smallest absolute Gasteiger partial charge is 0.394 e. The molecule has 40 atom stereocenters. The predicted octanol–water partition coefficient (Wildman–Crippen LogP) is -17.9. The number of phosphoric acid groups is 2. The molecule has 0 aromatic heterocycles. The van der Waals surface area contributed by atoms with Crippen LogP contribution in [0.4, 0.5) is 0 Å². The number of nitrogens with one attached hydrogen (secondary N) is 2. The number of carbonyl (C=O) groups excluding carboxylic acids is 2. The van der Waals surface area contributed by atoms with Crippen molar-refractivity contribution in [2.24, 2.45) is 0 Å². The van der Waals surface area contributed by atoms with Crippen LogP contribution in [0.15, 0.2) is 0 Å². The largest absolute Gasteiger partial charge is 0.469 e. The molecule has 0 radical (unpaired) electrons. The van der Waals surface area contributed by atoms with Gasteiger partial charge in [-0.15, -0.1) is 0 Å². The Bertz CT molecular complexity index is 2770. The molecule has 49 nitrogen and oxygen atoms in total. The van der Waals surface area contributed by atoms with E-state index >= 15 is 0 Å². The monoisotopic (exact) mass is 1560 g/mol. The molecule has 8 heterocycles. The van der Waals surface area contributed by atoms with Crippen LogP contribution in [0.25, 0.3) is 0 Å². The highest BCUT2D eigenvalue weighted by Gasteiger charge is 2.60. The SMILES string of the molecule is CC(=O)N[C@@H]1[C@@H](O)[C@H](O[C@@H]2O[C@H](CO)[C@@H](O[C@@H]3O[C@H](CO[C@H]4O[C@H](CO[C@H]5O[C@H](COP(=O)(O)O)[C@@H](O)[C@H](O)[C@@H]5O)[C@@H](O)[C@H](O[C@H]5O[C@H](CO)[C@@H](O)[C@H](O)[C@@H]5O)[C@@H]4O)[C@@H](O)[C@H](O[C@H]4O[C@H](CO)[C@@H](O)[C@H](O)[C@@H]4O[C@H]4O[C@H](COP(=O)(O)O)[C@@H](O)[C@H](O)[C@@H]4O)[C@@H]3O)[C@H](O)[C@H]2NC(C)=O)[C@@H](CO)O[C@H]1O. The van der Waals surface area contributed by atoms with Crippen molar-refractivity contribution in [3.8, 4) is 0 Å². The standard InChI is InChI=1S/C52H90N2O47P2/c1-11(59)53-21-29(67)40(15(5-57)89-45(21)78)97-46-22(54-12(2)60)30(68)41(16(6-58)92-46)98-51-39(77)43(100-52-44(34(72)24(62)14(4-56)91-52)101-50-37(75)33(71)26(64)20(96-50)10-88-103(82,83)84)28(66)18(95-51)8-86-48-38(76)42(99-49-36(74)31(69)23(61)13(3-55)90-49)27(65)17(93-48)7-85-47-35(73)32(70)25(63)19(94-47)9-87-102(79,80)81/h13-52,55-58,61-78H,3-10H2,1-2H3,(H,53,59)(H,54,60)(H2,79,80,81)(H2,82,83,84)/t13-,14-,15-,16-,17-,18-,19-,20-,21-,22-,23-,24-,25-,26-,27-,28-,29-,30-,31+,32+,33+,34+,35+,36+,37+,38+,39+,40-,41-,42+,43+,44+,45-,46+,47+,48+,49-,50-,51+,52-/m1/s1. The Balaban J connectivity index is 1.13. The Labute approximate surface area is 579 Å². The second-order valence-corrected chi connectivity index (χ2v) is 27.6. The Morgan fingerprint density at radius 3 is 1.05 bits per heavy atom. The van der Waals surface area contributed by atoms with E-state index in [1.54, 1.807) is 0 Å². The van der Waals surface area contributed by atoms with E-state index < -0.39 is 326 Å². The Hall–Kier alpha value is -2.32. The summed E-state index contributed by atoms with van der Waals surface area (Å²) < 4.78 is 118. The molecule has 51 heteroatoms. The quantitative estimate of drug-likeness (QED) is 0.0324. The van der Waals surface area contributed by atoms with Gasteiger partial charge in [0.15, 0.2) is 50.3 Å². The minimum absolute atomic E-state index is 0.795. The molecule has 103 heavy (non-hydrogen) atoms. The average molecular weight is 1560 g/mol. The molecule has 0 aromatic carbocycles. The highest BCUT2D eigenvalue weighted by Crippen LogP contribution is 2.41. The van der Waals surface area contributed by atoms with Crippen molar-refractivity contribution < 1.29 is 231 Å². The zero-order valence-electron chi connectivity index (χ0n) is 53.8. The summed E-state index contributed by atoms with van der Waals surface area (Å²) in [5.41, 5.74) is 0. The zero-order valence-corrected chi connectivity index (χ0v) is 55.6. The van der Waals surface area contributed by atoms with E-state index in [9.17, 15) is 151 Å². The van der Waals surface area contributed by atoms with Crippen molar-refractivity contribution in [1.29, 1.82) is 0 Å². The van der Waals surface area contributed by atoms with Gasteiger partial charge in [0.05, 0.1) is 52.9 Å². The molecule has 8 aliphatic heterocycles. The van der Waals surface area contributed by atoms with Crippen LogP contribution in [0.3, 0.4) is 0 Å². The lowest BCUT2D eigenvalue weighted by atomic mass is 9.94. The highest BCUT2D eigenvalue weighted by molar-refractivity contribution is 7.46. The first-order chi connectivity index (χ1) is 48.2. The molecule has 0 aliphatic carbocycles. The van der Waals surface area contributed by atoms with Crippen LogP contribution in [0.2, 0.25) is 0 Å². The first-order valence-electron chi connectivity index (χ1n) is 31.6. The fourth-order valence-electron chi connectivity index (χ4n) is 12.4. The van der Waals surface area contributed by atoms with Crippen LogP contribution in [-0.2, 0) is 98.8 Å². The maximum atomic E-state index is 12.9. The van der Waals surface area contributed by atoms with E-state index in [1.807, 2.05) is 0 Å². The summed E-state index contributed by atoms with van der Waals surface area (Å²) in [5, 5.41) is 248. The predicted molar refractivity (Wildman–Crippen MR) is 309 cm³/mol. The van der Waals surface area contributed by atoms with E-state index in [2.05, 4.69) is 19.7 Å². The average Bonchev–Trinajstić information content (AvgIpc) is 0.789. The summed E-state index contributed by atoms with van der Waals surface area (Å²) in [4.78, 5) is 62.2. The van der Waals surface area contributed by atoms with E-state index in [4.69, 9.17) is 71.1 Å². The molecule has 2 amide bonds. The number of ether oxygens (including phenoxy) is 15. The number of hydrogen-bond donors (Lipinski definition) is 28. The van der Waals surface area contributed by atoms with Gasteiger partial charge in [0.1, 0.15) is 195 Å². The molecule has 0 spiro atoms. The van der Waals surface area contributed by atoms with E-state index in [1.165, 1.54) is 0 Å². The summed E-state index contributed by atoms with van der Waals surface area (Å²) in [6, 6.07) is -3.59. The van der Waals surface area contributed by atoms with Gasteiger partial charge < -0.3 is 214 Å². The summed E-state index contributed by atoms with van der Waals surface area (Å²) in [6.45, 7) is -7.23. The third-order valence-electron chi connectivity index (χ3n) is 17.9. The van der Waals surface area contributed by atoms with Gasteiger partial charge in [-0.3, -0.25) is 18.6 Å². The normalized spacial score (nSPS) is 48.1. The van der Waals surface area contributed by atoms with Gasteiger partial charge in [0.2, 0.25) is 11.8 Å². The summed E-state index contributed by atoms with van der Waals surface area (Å²) >= 11 is 0. The maximum Gasteiger partial charge on any atom is 0.469 e. The van der Waals surface area contributed by atoms with Crippen LogP contribution >= 0.6 is 15.6 Å². The van der Waals surface area contributed by atoms with Gasteiger partial charge in [0.25, 0.3) is 0 Å². The summed E-state index contributed by atoms with van der Waals surface area (Å²) in [7, 11) is -10.6. The second-order valence-electron chi connectivity index (χ2n) is 25.1. The zero-order chi connectivity index (χ0) is 76.3. The fourth-order valence-corrected chi connectivity index (χ4v) is 13.1. The van der Waals surface area contributed by atoms with Gasteiger partial charge in [-0.05, 0) is 0 Å².